The first-order chi connectivity index (χ1) is 17.3. The third-order valence-corrected chi connectivity index (χ3v) is 6.14. The van der Waals surface area contributed by atoms with Gasteiger partial charge < -0.3 is 25.4 Å². The maximum absolute atomic E-state index is 13.9. The van der Waals surface area contributed by atoms with Gasteiger partial charge in [0.25, 0.3) is 5.91 Å². The van der Waals surface area contributed by atoms with Crippen LogP contribution in [0.1, 0.15) is 62.4 Å². The van der Waals surface area contributed by atoms with Crippen LogP contribution in [-0.2, 0) is 14.3 Å². The van der Waals surface area contributed by atoms with E-state index in [2.05, 4.69) is 23.3 Å². The summed E-state index contributed by atoms with van der Waals surface area (Å²) in [6.07, 6.45) is -0.219. The number of carbonyl (C=O) groups excluding carboxylic acids is 3. The lowest BCUT2D eigenvalue weighted by molar-refractivity contribution is -0.140. The number of rotatable bonds is 9. The molecule has 2 unspecified atom stereocenters. The van der Waals surface area contributed by atoms with E-state index in [-0.39, 0.29) is 18.0 Å². The molecule has 0 saturated heterocycles. The zero-order valence-electron chi connectivity index (χ0n) is 22.7. The topological polar surface area (TPSA) is 108 Å². The minimum absolute atomic E-state index is 0.0106. The Bertz CT molecular complexity index is 1110. The number of hydrogen-bond acceptors (Lipinski definition) is 6. The van der Waals surface area contributed by atoms with E-state index in [4.69, 9.17) is 4.74 Å². The fourth-order valence-electron chi connectivity index (χ4n) is 4.00. The van der Waals surface area contributed by atoms with Gasteiger partial charge in [-0.25, -0.2) is 4.79 Å². The lowest BCUT2D eigenvalue weighted by Crippen LogP contribution is -2.53. The first kappa shape index (κ1) is 30.0. The van der Waals surface area contributed by atoms with Crippen molar-refractivity contribution in [1.82, 2.24) is 10.2 Å². The molecule has 2 aromatic rings. The molecule has 2 aromatic carbocycles. The predicted molar refractivity (Wildman–Crippen MR) is 149 cm³/mol. The first-order valence-electron chi connectivity index (χ1n) is 12.4. The Labute approximate surface area is 225 Å². The summed E-state index contributed by atoms with van der Waals surface area (Å²) in [7, 11) is 0. The van der Waals surface area contributed by atoms with Crippen LogP contribution in [0.15, 0.2) is 36.4 Å². The third-order valence-electron chi connectivity index (χ3n) is 5.77. The van der Waals surface area contributed by atoms with Gasteiger partial charge in [0.1, 0.15) is 23.4 Å². The Morgan fingerprint density at radius 3 is 2.14 bits per heavy atom. The highest BCUT2D eigenvalue weighted by Gasteiger charge is 2.37. The third kappa shape index (κ3) is 7.89. The number of nitrogens with one attached hydrogen (secondary N) is 2. The van der Waals surface area contributed by atoms with E-state index < -0.39 is 35.6 Å². The summed E-state index contributed by atoms with van der Waals surface area (Å²) in [4.78, 5) is 41.5. The largest absolute Gasteiger partial charge is 0.507 e. The number of para-hydroxylation sites is 2. The van der Waals surface area contributed by atoms with Crippen molar-refractivity contribution < 1.29 is 24.2 Å². The molecule has 0 aromatic heterocycles. The van der Waals surface area contributed by atoms with E-state index in [0.717, 1.165) is 11.1 Å². The molecule has 0 fully saturated rings. The molecule has 9 heteroatoms. The molecule has 0 bridgehead atoms. The standard InChI is InChI=1S/C28H39N3O5S/c1-8-15-31(26(34)21(16-37)29-27(35)36-28(5,6)7)23(20-14-10-13-19(4)24(20)32)25(33)30-22-17(2)11-9-12-18(22)3/h9-14,21,23,32,37H,8,15-16H2,1-7H3,(H,29,35)(H,30,33). The SMILES string of the molecule is CCCN(C(=O)C(CS)NC(=O)OC(C)(C)C)C(C(=O)Nc1c(C)cccc1C)c1cccc(C)c1O. The Kier molecular flexibility index (Phi) is 10.4. The first-order valence-corrected chi connectivity index (χ1v) is 13.0. The molecule has 0 aliphatic heterocycles. The summed E-state index contributed by atoms with van der Waals surface area (Å²) < 4.78 is 5.32. The van der Waals surface area contributed by atoms with Crippen LogP contribution in [0, 0.1) is 20.8 Å². The van der Waals surface area contributed by atoms with Crippen LogP contribution in [-0.4, -0.2) is 51.9 Å². The summed E-state index contributed by atoms with van der Waals surface area (Å²) in [5.74, 6) is -1.07. The van der Waals surface area contributed by atoms with E-state index in [1.807, 2.05) is 39.0 Å². The van der Waals surface area contributed by atoms with Crippen LogP contribution in [0.25, 0.3) is 0 Å². The zero-order chi connectivity index (χ0) is 27.9. The fraction of sp³-hybridized carbons (Fsp3) is 0.464. The highest BCUT2D eigenvalue weighted by atomic mass is 32.1. The number of amides is 3. The number of hydrogen-bond donors (Lipinski definition) is 4. The van der Waals surface area contributed by atoms with Crippen molar-refractivity contribution in [3.05, 3.63) is 58.7 Å². The number of nitrogens with zero attached hydrogens (tertiary/aromatic N) is 1. The summed E-state index contributed by atoms with van der Waals surface area (Å²) in [5.41, 5.74) is 2.50. The van der Waals surface area contributed by atoms with Crippen LogP contribution < -0.4 is 10.6 Å². The minimum atomic E-state index is -1.16. The summed E-state index contributed by atoms with van der Waals surface area (Å²) in [6, 6.07) is 8.55. The second-order valence-corrected chi connectivity index (χ2v) is 10.4. The van der Waals surface area contributed by atoms with Gasteiger partial charge >= 0.3 is 6.09 Å². The Morgan fingerprint density at radius 1 is 1.03 bits per heavy atom. The molecule has 8 nitrogen and oxygen atoms in total. The Balaban J connectivity index is 2.54. The number of anilines is 1. The molecular weight excluding hydrogens is 490 g/mol. The number of carbonyl (C=O) groups is 3. The van der Waals surface area contributed by atoms with Gasteiger partial charge in [0.15, 0.2) is 0 Å². The van der Waals surface area contributed by atoms with Gasteiger partial charge in [-0.3, -0.25) is 9.59 Å². The molecule has 0 saturated carbocycles. The van der Waals surface area contributed by atoms with Crippen LogP contribution in [0.4, 0.5) is 10.5 Å². The van der Waals surface area contributed by atoms with Gasteiger partial charge in [0.2, 0.25) is 5.91 Å². The summed E-state index contributed by atoms with van der Waals surface area (Å²) >= 11 is 4.29. The maximum Gasteiger partial charge on any atom is 0.408 e. The van der Waals surface area contributed by atoms with E-state index in [9.17, 15) is 19.5 Å². The highest BCUT2D eigenvalue weighted by Crippen LogP contribution is 2.34. The van der Waals surface area contributed by atoms with Gasteiger partial charge in [0, 0.05) is 23.5 Å². The molecule has 3 N–H and O–H groups in total. The molecule has 3 amide bonds. The van der Waals surface area contributed by atoms with E-state index >= 15 is 0 Å². The van der Waals surface area contributed by atoms with Gasteiger partial charge in [-0.2, -0.15) is 12.6 Å². The van der Waals surface area contributed by atoms with Gasteiger partial charge in [-0.05, 0) is 64.7 Å². The quantitative estimate of drug-likeness (QED) is 0.340. The van der Waals surface area contributed by atoms with Gasteiger partial charge in [-0.1, -0.05) is 43.3 Å². The molecule has 0 spiro atoms. The number of phenols is 1. The number of phenolic OH excluding ortho intramolecular Hbond substituents is 1. The number of aryl methyl sites for hydroxylation is 3. The maximum atomic E-state index is 13.9. The number of alkyl carbamates (subject to hydrolysis) is 1. The Hall–Kier alpha value is -3.20. The molecule has 0 heterocycles. The molecule has 0 aliphatic carbocycles. The lowest BCUT2D eigenvalue weighted by atomic mass is 9.98. The average molecular weight is 530 g/mol. The average Bonchev–Trinajstić information content (AvgIpc) is 2.80. The fourth-order valence-corrected chi connectivity index (χ4v) is 4.25. The van der Waals surface area contributed by atoms with Crippen molar-refractivity contribution in [2.24, 2.45) is 0 Å². The molecule has 202 valence electrons. The molecule has 37 heavy (non-hydrogen) atoms. The van der Waals surface area contributed by atoms with Crippen molar-refractivity contribution in [3.63, 3.8) is 0 Å². The second-order valence-electron chi connectivity index (χ2n) is 10.1. The van der Waals surface area contributed by atoms with Crippen molar-refractivity contribution in [1.29, 1.82) is 0 Å². The molecule has 2 rings (SSSR count). The minimum Gasteiger partial charge on any atom is -0.507 e. The molecule has 2 atom stereocenters. The number of thiol groups is 1. The Morgan fingerprint density at radius 2 is 1.59 bits per heavy atom. The highest BCUT2D eigenvalue weighted by molar-refractivity contribution is 7.80. The molecule has 0 aliphatic rings. The zero-order valence-corrected chi connectivity index (χ0v) is 23.6. The van der Waals surface area contributed by atoms with Crippen molar-refractivity contribution in [2.75, 3.05) is 17.6 Å². The number of ether oxygens (including phenoxy) is 1. The van der Waals surface area contributed by atoms with Gasteiger partial charge in [-0.15, -0.1) is 0 Å². The van der Waals surface area contributed by atoms with Crippen molar-refractivity contribution in [2.45, 2.75) is 72.6 Å². The van der Waals surface area contributed by atoms with Crippen LogP contribution >= 0.6 is 12.6 Å². The predicted octanol–water partition coefficient (Wildman–Crippen LogP) is 5.06. The number of aromatic hydroxyl groups is 1. The summed E-state index contributed by atoms with van der Waals surface area (Å²) in [6.45, 7) is 12.8. The van der Waals surface area contributed by atoms with Crippen molar-refractivity contribution >= 4 is 36.2 Å². The number of benzene rings is 2. The van der Waals surface area contributed by atoms with E-state index in [0.29, 0.717) is 23.2 Å². The van der Waals surface area contributed by atoms with Crippen LogP contribution in [0.5, 0.6) is 5.75 Å². The van der Waals surface area contributed by atoms with Crippen molar-refractivity contribution in [3.8, 4) is 5.75 Å². The lowest BCUT2D eigenvalue weighted by Gasteiger charge is -2.34. The summed E-state index contributed by atoms with van der Waals surface area (Å²) in [5, 5.41) is 16.5. The van der Waals surface area contributed by atoms with Crippen LogP contribution in [0.3, 0.4) is 0 Å². The van der Waals surface area contributed by atoms with Gasteiger partial charge in [0.05, 0.1) is 0 Å². The van der Waals surface area contributed by atoms with E-state index in [1.54, 1.807) is 45.9 Å². The second kappa shape index (κ2) is 12.9. The molecular formula is C28H39N3O5S. The smallest absolute Gasteiger partial charge is 0.408 e. The molecule has 0 radical (unpaired) electrons. The monoisotopic (exact) mass is 529 g/mol. The normalized spacial score (nSPS) is 12.9. The van der Waals surface area contributed by atoms with Crippen LogP contribution in [0.2, 0.25) is 0 Å². The van der Waals surface area contributed by atoms with E-state index in [1.165, 1.54) is 4.90 Å².